The summed E-state index contributed by atoms with van der Waals surface area (Å²) in [5, 5.41) is 7.71. The number of ether oxygens (including phenoxy) is 3. The molecule has 0 saturated heterocycles. The van der Waals surface area contributed by atoms with Gasteiger partial charge in [-0.2, -0.15) is 9.97 Å². The zero-order valence-corrected chi connectivity index (χ0v) is 22.0. The average Bonchev–Trinajstić information content (AvgIpc) is 3.65. The van der Waals surface area contributed by atoms with Crippen LogP contribution in [0.5, 0.6) is 11.8 Å². The lowest BCUT2D eigenvalue weighted by Crippen LogP contribution is -2.33. The fourth-order valence-corrected chi connectivity index (χ4v) is 5.11. The first-order valence-electron chi connectivity index (χ1n) is 11.1. The third-order valence-electron chi connectivity index (χ3n) is 6.09. The van der Waals surface area contributed by atoms with Crippen LogP contribution in [0.1, 0.15) is 50.4 Å². The van der Waals surface area contributed by atoms with Crippen LogP contribution in [-0.2, 0) is 14.8 Å². The van der Waals surface area contributed by atoms with E-state index in [4.69, 9.17) is 25.8 Å². The summed E-state index contributed by atoms with van der Waals surface area (Å²) in [6.07, 6.45) is 5.14. The smallest absolute Gasteiger partial charge is 0.245 e. The largest absolute Gasteiger partial charge is 0.479 e. The van der Waals surface area contributed by atoms with Crippen molar-refractivity contribution in [1.82, 2.24) is 34.7 Å². The van der Waals surface area contributed by atoms with Crippen LogP contribution >= 0.6 is 11.6 Å². The van der Waals surface area contributed by atoms with Gasteiger partial charge in [-0.1, -0.05) is 18.5 Å². The molecular formula is C21H27ClN8O5S. The molecule has 0 amide bonds. The maximum Gasteiger partial charge on any atom is 0.245 e. The summed E-state index contributed by atoms with van der Waals surface area (Å²) in [5.74, 6) is 1.35. The summed E-state index contributed by atoms with van der Waals surface area (Å²) in [6, 6.07) is 0. The fourth-order valence-electron chi connectivity index (χ4n) is 3.88. The number of hydrogen-bond donors (Lipinski definition) is 1. The van der Waals surface area contributed by atoms with E-state index >= 15 is 0 Å². The number of sulfonamides is 1. The Morgan fingerprint density at radius 2 is 1.64 bits per heavy atom. The Morgan fingerprint density at radius 1 is 1.03 bits per heavy atom. The zero-order valence-electron chi connectivity index (χ0n) is 20.4. The van der Waals surface area contributed by atoms with Crippen molar-refractivity contribution in [1.29, 1.82) is 0 Å². The number of nitrogens with zero attached hydrogens (tertiary/aromatic N) is 7. The van der Waals surface area contributed by atoms with Crippen molar-refractivity contribution in [3.8, 4) is 17.4 Å². The Bertz CT molecular complexity index is 1290. The standard InChI is InChI=1S/C21H27ClN8O5S/c1-11(13-6-7-13)18-27-28-21(30(18)15-19(34-4)25-10-26-20(15)35-5)29-36(31,32)12(2)16(33-3)17-23-8-14(22)9-24-17/h8-13,16H,6-7H2,1-5H3,(H,28,29)/t11-,12+,16+/m1/s1. The van der Waals surface area contributed by atoms with Crippen molar-refractivity contribution in [3.63, 3.8) is 0 Å². The summed E-state index contributed by atoms with van der Waals surface area (Å²) in [7, 11) is 0.166. The molecule has 0 radical (unpaired) electrons. The molecule has 1 fully saturated rings. The van der Waals surface area contributed by atoms with Gasteiger partial charge in [0.15, 0.2) is 11.5 Å². The van der Waals surface area contributed by atoms with E-state index in [-0.39, 0.29) is 35.1 Å². The minimum atomic E-state index is -4.10. The van der Waals surface area contributed by atoms with Crippen LogP contribution in [0, 0.1) is 5.92 Å². The van der Waals surface area contributed by atoms with Gasteiger partial charge in [-0.3, -0.25) is 9.29 Å². The summed E-state index contributed by atoms with van der Waals surface area (Å²) in [5.41, 5.74) is 0.282. The van der Waals surface area contributed by atoms with Crippen molar-refractivity contribution in [2.45, 2.75) is 44.0 Å². The van der Waals surface area contributed by atoms with Crippen molar-refractivity contribution in [3.05, 3.63) is 35.4 Å². The molecule has 36 heavy (non-hydrogen) atoms. The summed E-state index contributed by atoms with van der Waals surface area (Å²) in [4.78, 5) is 16.6. The van der Waals surface area contributed by atoms with Gasteiger partial charge in [0.2, 0.25) is 27.7 Å². The number of anilines is 1. The Labute approximate surface area is 213 Å². The van der Waals surface area contributed by atoms with Gasteiger partial charge in [0.25, 0.3) is 0 Å². The maximum atomic E-state index is 13.5. The molecule has 3 aromatic heterocycles. The molecular weight excluding hydrogens is 512 g/mol. The second kappa shape index (κ2) is 10.5. The third-order valence-corrected chi connectivity index (χ3v) is 7.98. The van der Waals surface area contributed by atoms with E-state index in [1.54, 1.807) is 0 Å². The number of aromatic nitrogens is 7. The molecule has 194 valence electrons. The molecule has 15 heteroatoms. The molecule has 3 atom stereocenters. The molecule has 0 bridgehead atoms. The topological polar surface area (TPSA) is 156 Å². The minimum Gasteiger partial charge on any atom is -0.479 e. The minimum absolute atomic E-state index is 0.0167. The number of methoxy groups -OCH3 is 3. The molecule has 1 aliphatic rings. The van der Waals surface area contributed by atoms with Gasteiger partial charge in [0.1, 0.15) is 23.5 Å². The first-order chi connectivity index (χ1) is 17.2. The monoisotopic (exact) mass is 538 g/mol. The van der Waals surface area contributed by atoms with Crippen LogP contribution in [0.3, 0.4) is 0 Å². The number of rotatable bonds is 11. The van der Waals surface area contributed by atoms with Crippen LogP contribution in [0.25, 0.3) is 5.69 Å². The Hall–Kier alpha value is -3.10. The first kappa shape index (κ1) is 26.0. The van der Waals surface area contributed by atoms with E-state index < -0.39 is 21.4 Å². The van der Waals surface area contributed by atoms with Crippen LogP contribution < -0.4 is 14.2 Å². The normalized spacial score (nSPS) is 16.3. The highest BCUT2D eigenvalue weighted by Gasteiger charge is 2.38. The lowest BCUT2D eigenvalue weighted by atomic mass is 10.1. The molecule has 0 aliphatic heterocycles. The van der Waals surface area contributed by atoms with Gasteiger partial charge in [-0.25, -0.2) is 18.4 Å². The molecule has 0 spiro atoms. The van der Waals surface area contributed by atoms with Crippen molar-refractivity contribution in [2.75, 3.05) is 26.1 Å². The van der Waals surface area contributed by atoms with Crippen LogP contribution in [0.4, 0.5) is 5.95 Å². The average molecular weight is 539 g/mol. The molecule has 1 saturated carbocycles. The number of hydrogen-bond acceptors (Lipinski definition) is 11. The second-order valence-corrected chi connectivity index (χ2v) is 10.8. The Balaban J connectivity index is 1.77. The Kier molecular flexibility index (Phi) is 7.57. The summed E-state index contributed by atoms with van der Waals surface area (Å²) < 4.78 is 47.4. The summed E-state index contributed by atoms with van der Waals surface area (Å²) >= 11 is 5.87. The molecule has 3 aromatic rings. The Morgan fingerprint density at radius 3 is 2.17 bits per heavy atom. The van der Waals surface area contributed by atoms with E-state index in [9.17, 15) is 8.42 Å². The molecule has 0 unspecified atom stereocenters. The van der Waals surface area contributed by atoms with Crippen LogP contribution in [-0.4, -0.2) is 69.7 Å². The van der Waals surface area contributed by atoms with E-state index in [0.717, 1.165) is 12.8 Å². The molecule has 1 N–H and O–H groups in total. The lowest BCUT2D eigenvalue weighted by Gasteiger charge is -2.23. The van der Waals surface area contributed by atoms with Gasteiger partial charge in [0.05, 0.1) is 19.2 Å². The van der Waals surface area contributed by atoms with Gasteiger partial charge < -0.3 is 14.2 Å². The van der Waals surface area contributed by atoms with Crippen LogP contribution in [0.2, 0.25) is 5.02 Å². The number of halogens is 1. The quantitative estimate of drug-likeness (QED) is 0.382. The predicted molar refractivity (Wildman–Crippen MR) is 130 cm³/mol. The highest BCUT2D eigenvalue weighted by molar-refractivity contribution is 7.93. The predicted octanol–water partition coefficient (Wildman–Crippen LogP) is 2.55. The molecule has 1 aliphatic carbocycles. The highest BCUT2D eigenvalue weighted by atomic mass is 35.5. The van der Waals surface area contributed by atoms with E-state index in [1.165, 1.54) is 51.5 Å². The highest BCUT2D eigenvalue weighted by Crippen LogP contribution is 2.44. The van der Waals surface area contributed by atoms with Crippen molar-refractivity contribution in [2.24, 2.45) is 5.92 Å². The SMILES string of the molecule is COc1ncnc(OC)c1-n1c(NS(=O)(=O)[C@@H](C)[C@H](OC)c2ncc(Cl)cn2)nnc1[C@H](C)C1CC1. The second-order valence-electron chi connectivity index (χ2n) is 8.35. The van der Waals surface area contributed by atoms with Gasteiger partial charge in [0, 0.05) is 25.4 Å². The summed E-state index contributed by atoms with van der Waals surface area (Å²) in [6.45, 7) is 3.50. The molecule has 13 nitrogen and oxygen atoms in total. The molecule has 0 aromatic carbocycles. The van der Waals surface area contributed by atoms with E-state index in [2.05, 4.69) is 34.9 Å². The van der Waals surface area contributed by atoms with Crippen molar-refractivity contribution < 1.29 is 22.6 Å². The fraction of sp³-hybridized carbons (Fsp3) is 0.524. The van der Waals surface area contributed by atoms with Gasteiger partial charge in [-0.05, 0) is 25.7 Å². The van der Waals surface area contributed by atoms with Gasteiger partial charge >= 0.3 is 0 Å². The van der Waals surface area contributed by atoms with E-state index in [0.29, 0.717) is 16.8 Å². The lowest BCUT2D eigenvalue weighted by molar-refractivity contribution is 0.0950. The van der Waals surface area contributed by atoms with Crippen molar-refractivity contribution >= 4 is 27.6 Å². The van der Waals surface area contributed by atoms with E-state index in [1.807, 2.05) is 6.92 Å². The van der Waals surface area contributed by atoms with Crippen LogP contribution in [0.15, 0.2) is 18.7 Å². The zero-order chi connectivity index (χ0) is 26.0. The van der Waals surface area contributed by atoms with Gasteiger partial charge in [-0.15, -0.1) is 10.2 Å². The molecule has 3 heterocycles. The maximum absolute atomic E-state index is 13.5. The number of nitrogens with one attached hydrogen (secondary N) is 1. The first-order valence-corrected chi connectivity index (χ1v) is 13.0. The third kappa shape index (κ3) is 5.06. The molecule has 4 rings (SSSR count).